The largest absolute Gasteiger partial charge is 0.394 e. The highest BCUT2D eigenvalue weighted by Gasteiger charge is 2.46. The molecule has 1 aromatic heterocycles. The second-order valence-electron chi connectivity index (χ2n) is 3.95. The molecule has 19 heavy (non-hydrogen) atoms. The van der Waals surface area contributed by atoms with Gasteiger partial charge in [-0.25, -0.2) is 9.68 Å². The molecule has 4 N–H and O–H groups in total. The number of halogens is 1. The number of nitrogens with zero attached hydrogens (tertiary/aromatic N) is 1. The lowest BCUT2D eigenvalue weighted by molar-refractivity contribution is -0.305. The first-order valence-corrected chi connectivity index (χ1v) is 5.25. The van der Waals surface area contributed by atoms with Gasteiger partial charge >= 0.3 is 5.69 Å². The van der Waals surface area contributed by atoms with Gasteiger partial charge in [0.1, 0.15) is 12.2 Å². The Bertz CT molecular complexity index is 570. The summed E-state index contributed by atoms with van der Waals surface area (Å²) >= 11 is 0. The zero-order valence-electron chi connectivity index (χ0n) is 9.39. The molecule has 0 radical (unpaired) electrons. The molecule has 4 atom stereocenters. The molecule has 2 unspecified atom stereocenters. The Morgan fingerprint density at radius 2 is 2.21 bits per heavy atom. The van der Waals surface area contributed by atoms with Gasteiger partial charge in [0.2, 0.25) is 5.82 Å². The number of nitrogens with one attached hydrogen (secondary N) is 1. The molecule has 9 nitrogen and oxygen atoms in total. The number of aliphatic hydroxyl groups excluding tert-OH is 2. The summed E-state index contributed by atoms with van der Waals surface area (Å²) in [5.74, 6) is -1.25. The van der Waals surface area contributed by atoms with Crippen molar-refractivity contribution in [2.24, 2.45) is 0 Å². The summed E-state index contributed by atoms with van der Waals surface area (Å²) in [7, 11) is 0. The second-order valence-corrected chi connectivity index (χ2v) is 3.95. The van der Waals surface area contributed by atoms with Crippen molar-refractivity contribution in [3.8, 4) is 0 Å². The van der Waals surface area contributed by atoms with E-state index in [0.29, 0.717) is 10.8 Å². The fourth-order valence-electron chi connectivity index (χ4n) is 1.86. The number of aromatic amines is 1. The molecule has 2 rings (SSSR count). The fourth-order valence-corrected chi connectivity index (χ4v) is 1.86. The van der Waals surface area contributed by atoms with Gasteiger partial charge in [-0.2, -0.15) is 4.39 Å². The Morgan fingerprint density at radius 1 is 1.53 bits per heavy atom. The number of aliphatic hydroxyl groups is 2. The molecule has 0 aromatic carbocycles. The second kappa shape index (κ2) is 5.19. The highest BCUT2D eigenvalue weighted by Crippen LogP contribution is 2.29. The summed E-state index contributed by atoms with van der Waals surface area (Å²) in [6, 6.07) is 0. The van der Waals surface area contributed by atoms with Crippen LogP contribution in [0.5, 0.6) is 0 Å². The number of H-pyrrole nitrogens is 1. The Hall–Kier alpha value is -1.59. The molecule has 0 amide bonds. The molecule has 0 saturated carbocycles. The van der Waals surface area contributed by atoms with Crippen LogP contribution in [-0.2, 0) is 9.62 Å². The lowest BCUT2D eigenvalue weighted by atomic mass is 10.1. The van der Waals surface area contributed by atoms with Crippen molar-refractivity contribution in [2.45, 2.75) is 24.5 Å². The van der Waals surface area contributed by atoms with E-state index in [4.69, 9.17) is 15.1 Å². The van der Waals surface area contributed by atoms with Gasteiger partial charge in [0.05, 0.1) is 12.8 Å². The van der Waals surface area contributed by atoms with E-state index in [2.05, 4.69) is 4.89 Å². The van der Waals surface area contributed by atoms with Crippen molar-refractivity contribution in [1.29, 1.82) is 0 Å². The van der Waals surface area contributed by atoms with Crippen LogP contribution in [0.1, 0.15) is 6.23 Å². The minimum Gasteiger partial charge on any atom is -0.394 e. The molecule has 0 spiro atoms. The van der Waals surface area contributed by atoms with Crippen LogP contribution in [-0.4, -0.2) is 49.9 Å². The summed E-state index contributed by atoms with van der Waals surface area (Å²) in [5, 5.41) is 27.3. The predicted octanol–water partition coefficient (Wildman–Crippen LogP) is -2.22. The van der Waals surface area contributed by atoms with E-state index in [9.17, 15) is 19.1 Å². The zero-order valence-corrected chi connectivity index (χ0v) is 9.39. The van der Waals surface area contributed by atoms with E-state index in [1.54, 1.807) is 4.98 Å². The minimum absolute atomic E-state index is 0.560. The van der Waals surface area contributed by atoms with E-state index in [0.717, 1.165) is 0 Å². The molecule has 0 bridgehead atoms. The van der Waals surface area contributed by atoms with E-state index in [-0.39, 0.29) is 0 Å². The van der Waals surface area contributed by atoms with E-state index >= 15 is 0 Å². The Morgan fingerprint density at radius 3 is 2.79 bits per heavy atom. The van der Waals surface area contributed by atoms with Crippen molar-refractivity contribution < 1.29 is 29.5 Å². The highest BCUT2D eigenvalue weighted by molar-refractivity contribution is 4.95. The maximum absolute atomic E-state index is 13.1. The maximum atomic E-state index is 13.1. The van der Waals surface area contributed by atoms with Crippen LogP contribution < -0.4 is 11.2 Å². The molecular formula is C9H11FN2O7. The molecular weight excluding hydrogens is 267 g/mol. The van der Waals surface area contributed by atoms with Crippen molar-refractivity contribution in [3.05, 3.63) is 32.9 Å². The standard InChI is InChI=1S/C9H11FN2O7/c10-3-1-12(9(16)11-7(3)15)8-6(19-17)5(14)4(2-13)18-8/h1,4-6,8,13-14,17H,2H2,(H,11,15,16)/t4-,5?,6?,8-/m0/s1. The number of hydrogen-bond acceptors (Lipinski definition) is 7. The molecule has 1 aromatic rings. The third-order valence-electron chi connectivity index (χ3n) is 2.81. The average molecular weight is 278 g/mol. The number of hydrogen-bond donors (Lipinski definition) is 4. The van der Waals surface area contributed by atoms with Crippen molar-refractivity contribution in [3.63, 3.8) is 0 Å². The van der Waals surface area contributed by atoms with Crippen molar-refractivity contribution >= 4 is 0 Å². The topological polar surface area (TPSA) is 134 Å². The van der Waals surface area contributed by atoms with Crippen LogP contribution in [0.4, 0.5) is 4.39 Å². The summed E-state index contributed by atoms with van der Waals surface area (Å²) < 4.78 is 18.8. The van der Waals surface area contributed by atoms with Gasteiger partial charge in [-0.15, -0.1) is 0 Å². The normalized spacial score (nSPS) is 30.7. The molecule has 10 heteroatoms. The molecule has 1 saturated heterocycles. The third-order valence-corrected chi connectivity index (χ3v) is 2.81. The number of ether oxygens (including phenoxy) is 1. The Balaban J connectivity index is 2.44. The first-order valence-electron chi connectivity index (χ1n) is 5.25. The van der Waals surface area contributed by atoms with Crippen molar-refractivity contribution in [2.75, 3.05) is 6.61 Å². The molecule has 1 fully saturated rings. The minimum atomic E-state index is -1.43. The molecule has 106 valence electrons. The van der Waals surface area contributed by atoms with Gasteiger partial charge in [-0.05, 0) is 0 Å². The summed E-state index contributed by atoms with van der Waals surface area (Å²) in [5.41, 5.74) is -2.22. The van der Waals surface area contributed by atoms with Gasteiger partial charge in [0.15, 0.2) is 12.3 Å². The number of rotatable bonds is 3. The van der Waals surface area contributed by atoms with E-state index in [1.165, 1.54) is 0 Å². The SMILES string of the molecule is O=c1[nH]c(=O)n([C@H]2O[C@@H](CO)C(O)C2OO)cc1F. The average Bonchev–Trinajstić information content (AvgIpc) is 2.70. The van der Waals surface area contributed by atoms with E-state index < -0.39 is 48.2 Å². The smallest absolute Gasteiger partial charge is 0.330 e. The summed E-state index contributed by atoms with van der Waals surface area (Å²) in [6.07, 6.45) is -4.80. The van der Waals surface area contributed by atoms with Gasteiger partial charge in [0, 0.05) is 0 Å². The van der Waals surface area contributed by atoms with Crippen LogP contribution in [0.2, 0.25) is 0 Å². The first kappa shape index (κ1) is 13.8. The number of aromatic nitrogens is 2. The highest BCUT2D eigenvalue weighted by atomic mass is 19.1. The predicted molar refractivity (Wildman–Crippen MR) is 55.8 cm³/mol. The molecule has 2 heterocycles. The van der Waals surface area contributed by atoms with E-state index in [1.807, 2.05) is 0 Å². The lowest BCUT2D eigenvalue weighted by Gasteiger charge is -2.18. The third kappa shape index (κ3) is 2.31. The Kier molecular flexibility index (Phi) is 3.78. The van der Waals surface area contributed by atoms with Crippen LogP contribution in [0.25, 0.3) is 0 Å². The van der Waals surface area contributed by atoms with Crippen LogP contribution in [0.15, 0.2) is 15.8 Å². The monoisotopic (exact) mass is 278 g/mol. The van der Waals surface area contributed by atoms with Crippen LogP contribution in [0, 0.1) is 5.82 Å². The summed E-state index contributed by atoms with van der Waals surface area (Å²) in [6.45, 7) is -0.599. The molecule has 0 aliphatic carbocycles. The summed E-state index contributed by atoms with van der Waals surface area (Å²) in [4.78, 5) is 28.1. The molecule has 1 aliphatic heterocycles. The van der Waals surface area contributed by atoms with Gasteiger partial charge < -0.3 is 14.9 Å². The van der Waals surface area contributed by atoms with Gasteiger partial charge in [-0.3, -0.25) is 19.6 Å². The fraction of sp³-hybridized carbons (Fsp3) is 0.556. The van der Waals surface area contributed by atoms with Crippen LogP contribution >= 0.6 is 0 Å². The Labute approximate surface area is 104 Å². The lowest BCUT2D eigenvalue weighted by Crippen LogP contribution is -2.39. The van der Waals surface area contributed by atoms with Crippen molar-refractivity contribution in [1.82, 2.24) is 9.55 Å². The van der Waals surface area contributed by atoms with Crippen LogP contribution in [0.3, 0.4) is 0 Å². The quantitative estimate of drug-likeness (QED) is 0.363. The maximum Gasteiger partial charge on any atom is 0.330 e. The zero-order chi connectivity index (χ0) is 14.2. The van der Waals surface area contributed by atoms with Gasteiger partial charge in [0.25, 0.3) is 5.56 Å². The van der Waals surface area contributed by atoms with Gasteiger partial charge in [-0.1, -0.05) is 0 Å². The first-order chi connectivity index (χ1) is 8.99. The molecule has 1 aliphatic rings.